The molecule has 2 nitrogen and oxygen atoms in total. The molecule has 0 rings (SSSR count). The lowest BCUT2D eigenvalue weighted by atomic mass is 10.1. The van der Waals surface area contributed by atoms with Crippen molar-refractivity contribution >= 4 is 21.9 Å². The molecule has 3 heteroatoms. The molecule has 132 valence electrons. The van der Waals surface area contributed by atoms with Crippen LogP contribution in [0.4, 0.5) is 0 Å². The van der Waals surface area contributed by atoms with E-state index in [1.54, 1.807) is 0 Å². The van der Waals surface area contributed by atoms with E-state index in [1.807, 2.05) is 0 Å². The van der Waals surface area contributed by atoms with E-state index < -0.39 is 0 Å². The van der Waals surface area contributed by atoms with E-state index in [0.717, 1.165) is 18.2 Å². The molecular weight excluding hydrogens is 340 g/mol. The minimum absolute atomic E-state index is 0.00488. The molecule has 0 aromatic rings. The SMILES string of the molecule is CCCCCCCCCOC(=O)CCCCCCCCCBr. The first kappa shape index (κ1) is 21.9. The first-order valence-electron chi connectivity index (χ1n) is 9.52. The van der Waals surface area contributed by atoms with Gasteiger partial charge in [-0.15, -0.1) is 0 Å². The molecule has 0 amide bonds. The molecule has 0 aliphatic rings. The van der Waals surface area contributed by atoms with Gasteiger partial charge in [-0.2, -0.15) is 0 Å². The van der Waals surface area contributed by atoms with E-state index in [1.165, 1.54) is 77.0 Å². The molecule has 0 atom stereocenters. The number of alkyl halides is 1. The lowest BCUT2D eigenvalue weighted by Crippen LogP contribution is -2.05. The van der Waals surface area contributed by atoms with Gasteiger partial charge in [-0.3, -0.25) is 4.79 Å². The fourth-order valence-corrected chi connectivity index (χ4v) is 2.96. The van der Waals surface area contributed by atoms with E-state index in [4.69, 9.17) is 4.74 Å². The van der Waals surface area contributed by atoms with Crippen molar-refractivity contribution in [1.82, 2.24) is 0 Å². The molecule has 0 saturated carbocycles. The average Bonchev–Trinajstić information content (AvgIpc) is 2.52. The summed E-state index contributed by atoms with van der Waals surface area (Å²) in [6.07, 6.45) is 18.1. The van der Waals surface area contributed by atoms with Crippen molar-refractivity contribution in [3.05, 3.63) is 0 Å². The van der Waals surface area contributed by atoms with Gasteiger partial charge in [0, 0.05) is 11.8 Å². The molecular formula is C19H37BrO2. The van der Waals surface area contributed by atoms with Crippen LogP contribution < -0.4 is 0 Å². The smallest absolute Gasteiger partial charge is 0.305 e. The predicted molar refractivity (Wildman–Crippen MR) is 99.7 cm³/mol. The van der Waals surface area contributed by atoms with Gasteiger partial charge in [-0.05, 0) is 19.3 Å². The second-order valence-electron chi connectivity index (χ2n) is 6.26. The summed E-state index contributed by atoms with van der Waals surface area (Å²) >= 11 is 3.45. The van der Waals surface area contributed by atoms with Gasteiger partial charge in [0.25, 0.3) is 0 Å². The summed E-state index contributed by atoms with van der Waals surface area (Å²) < 4.78 is 5.29. The highest BCUT2D eigenvalue weighted by molar-refractivity contribution is 9.09. The molecule has 0 spiro atoms. The van der Waals surface area contributed by atoms with Crippen LogP contribution in [0.5, 0.6) is 0 Å². The normalized spacial score (nSPS) is 10.8. The van der Waals surface area contributed by atoms with Crippen LogP contribution in [0.15, 0.2) is 0 Å². The number of hydrogen-bond acceptors (Lipinski definition) is 2. The maximum absolute atomic E-state index is 11.6. The Morgan fingerprint density at radius 1 is 0.727 bits per heavy atom. The van der Waals surface area contributed by atoms with Crippen molar-refractivity contribution < 1.29 is 9.53 Å². The minimum Gasteiger partial charge on any atom is -0.466 e. The molecule has 0 radical (unpaired) electrons. The van der Waals surface area contributed by atoms with Crippen LogP contribution in [-0.4, -0.2) is 17.9 Å². The van der Waals surface area contributed by atoms with Gasteiger partial charge in [0.1, 0.15) is 0 Å². The summed E-state index contributed by atoms with van der Waals surface area (Å²) in [5, 5.41) is 1.12. The lowest BCUT2D eigenvalue weighted by molar-refractivity contribution is -0.143. The van der Waals surface area contributed by atoms with E-state index >= 15 is 0 Å². The molecule has 0 aliphatic heterocycles. The zero-order chi connectivity index (χ0) is 16.3. The fourth-order valence-electron chi connectivity index (χ4n) is 2.57. The number of carbonyl (C=O) groups is 1. The van der Waals surface area contributed by atoms with Crippen molar-refractivity contribution in [2.75, 3.05) is 11.9 Å². The Morgan fingerprint density at radius 2 is 1.23 bits per heavy atom. The summed E-state index contributed by atoms with van der Waals surface area (Å²) in [6.45, 7) is 2.86. The maximum atomic E-state index is 11.6. The summed E-state index contributed by atoms with van der Waals surface area (Å²) in [5.41, 5.74) is 0. The van der Waals surface area contributed by atoms with Gasteiger partial charge in [-0.25, -0.2) is 0 Å². The van der Waals surface area contributed by atoms with Crippen LogP contribution >= 0.6 is 15.9 Å². The lowest BCUT2D eigenvalue weighted by Gasteiger charge is -2.05. The highest BCUT2D eigenvalue weighted by Crippen LogP contribution is 2.10. The maximum Gasteiger partial charge on any atom is 0.305 e. The predicted octanol–water partition coefficient (Wildman–Crippen LogP) is 6.80. The number of carbonyl (C=O) groups excluding carboxylic acids is 1. The second kappa shape index (κ2) is 19.0. The van der Waals surface area contributed by atoms with Crippen molar-refractivity contribution in [3.8, 4) is 0 Å². The molecule has 0 heterocycles. The molecule has 0 fully saturated rings. The topological polar surface area (TPSA) is 26.3 Å². The molecule has 0 N–H and O–H groups in total. The Morgan fingerprint density at radius 3 is 1.82 bits per heavy atom. The third-order valence-corrected chi connectivity index (χ3v) is 4.59. The van der Waals surface area contributed by atoms with Crippen LogP contribution in [0.1, 0.15) is 103 Å². The van der Waals surface area contributed by atoms with Crippen LogP contribution in [0.25, 0.3) is 0 Å². The van der Waals surface area contributed by atoms with Crippen LogP contribution in [-0.2, 0) is 9.53 Å². The van der Waals surface area contributed by atoms with Crippen LogP contribution in [0, 0.1) is 0 Å². The first-order chi connectivity index (χ1) is 10.8. The molecule has 0 unspecified atom stereocenters. The van der Waals surface area contributed by atoms with Crippen molar-refractivity contribution in [2.24, 2.45) is 0 Å². The molecule has 0 aromatic heterocycles. The fraction of sp³-hybridized carbons (Fsp3) is 0.947. The van der Waals surface area contributed by atoms with Gasteiger partial charge >= 0.3 is 5.97 Å². The Hall–Kier alpha value is -0.0500. The highest BCUT2D eigenvalue weighted by Gasteiger charge is 2.02. The van der Waals surface area contributed by atoms with Crippen molar-refractivity contribution in [1.29, 1.82) is 0 Å². The van der Waals surface area contributed by atoms with Gasteiger partial charge in [0.05, 0.1) is 6.61 Å². The van der Waals surface area contributed by atoms with E-state index in [2.05, 4.69) is 22.9 Å². The summed E-state index contributed by atoms with van der Waals surface area (Å²) in [5.74, 6) is 0.00488. The standard InChI is InChI=1S/C19H37BrO2/c1-2-3-4-5-9-12-15-18-22-19(21)16-13-10-7-6-8-11-14-17-20/h2-18H2,1H3. The number of ether oxygens (including phenoxy) is 1. The summed E-state index contributed by atoms with van der Waals surface area (Å²) in [6, 6.07) is 0. The monoisotopic (exact) mass is 376 g/mol. The molecule has 0 bridgehead atoms. The largest absolute Gasteiger partial charge is 0.466 e. The van der Waals surface area contributed by atoms with Crippen LogP contribution in [0.2, 0.25) is 0 Å². The molecule has 0 saturated heterocycles. The zero-order valence-electron chi connectivity index (χ0n) is 14.7. The van der Waals surface area contributed by atoms with Gasteiger partial charge in [0.2, 0.25) is 0 Å². The Balaban J connectivity index is 3.13. The van der Waals surface area contributed by atoms with Crippen molar-refractivity contribution in [3.63, 3.8) is 0 Å². The van der Waals surface area contributed by atoms with Gasteiger partial charge < -0.3 is 4.74 Å². The first-order valence-corrected chi connectivity index (χ1v) is 10.6. The van der Waals surface area contributed by atoms with E-state index in [-0.39, 0.29) is 5.97 Å². The number of hydrogen-bond donors (Lipinski definition) is 0. The zero-order valence-corrected chi connectivity index (χ0v) is 16.3. The number of rotatable bonds is 17. The minimum atomic E-state index is 0.00488. The van der Waals surface area contributed by atoms with Crippen LogP contribution in [0.3, 0.4) is 0 Å². The Kier molecular flexibility index (Phi) is 19.0. The quantitative estimate of drug-likeness (QED) is 0.158. The number of esters is 1. The average molecular weight is 377 g/mol. The van der Waals surface area contributed by atoms with Gasteiger partial charge in [-0.1, -0.05) is 93.5 Å². The third-order valence-electron chi connectivity index (χ3n) is 4.03. The summed E-state index contributed by atoms with van der Waals surface area (Å²) in [4.78, 5) is 11.6. The van der Waals surface area contributed by atoms with E-state index in [9.17, 15) is 4.79 Å². The molecule has 0 aliphatic carbocycles. The second-order valence-corrected chi connectivity index (χ2v) is 7.05. The number of unbranched alkanes of at least 4 members (excludes halogenated alkanes) is 12. The van der Waals surface area contributed by atoms with Crippen molar-refractivity contribution in [2.45, 2.75) is 103 Å². The molecule has 0 aromatic carbocycles. The van der Waals surface area contributed by atoms with Gasteiger partial charge in [0.15, 0.2) is 0 Å². The Labute approximate surface area is 146 Å². The highest BCUT2D eigenvalue weighted by atomic mass is 79.9. The third kappa shape index (κ3) is 18.0. The number of halogens is 1. The summed E-state index contributed by atoms with van der Waals surface area (Å²) in [7, 11) is 0. The van der Waals surface area contributed by atoms with E-state index in [0.29, 0.717) is 13.0 Å². The molecule has 22 heavy (non-hydrogen) atoms. The Bertz CT molecular complexity index is 209.